The van der Waals surface area contributed by atoms with E-state index in [9.17, 15) is 4.79 Å². The number of amides is 1. The van der Waals surface area contributed by atoms with Gasteiger partial charge in [0.15, 0.2) is 0 Å². The van der Waals surface area contributed by atoms with Crippen molar-refractivity contribution in [2.45, 2.75) is 50.8 Å². The van der Waals surface area contributed by atoms with E-state index in [1.165, 1.54) is 19.3 Å². The molecule has 1 fully saturated rings. The number of halogens is 1. The Kier molecular flexibility index (Phi) is 5.65. The number of nitrogens with one attached hydrogen (secondary N) is 1. The van der Waals surface area contributed by atoms with Crippen LogP contribution >= 0.6 is 15.9 Å². The minimum Gasteiger partial charge on any atom is -0.356 e. The molecular weight excluding hydrogens is 254 g/mol. The molecule has 0 bridgehead atoms. The Hall–Kier alpha value is -0.0500. The second kappa shape index (κ2) is 6.51. The molecule has 3 heteroatoms. The van der Waals surface area contributed by atoms with E-state index in [1.54, 1.807) is 0 Å². The maximum atomic E-state index is 11.5. The molecule has 1 saturated carbocycles. The van der Waals surface area contributed by atoms with Crippen LogP contribution in [0.2, 0.25) is 0 Å². The molecule has 1 aliphatic carbocycles. The molecule has 0 aromatic carbocycles. The Morgan fingerprint density at radius 3 is 2.80 bits per heavy atom. The number of hydrogen-bond donors (Lipinski definition) is 1. The van der Waals surface area contributed by atoms with E-state index in [0.29, 0.717) is 23.1 Å². The molecule has 1 rings (SSSR count). The van der Waals surface area contributed by atoms with Crippen molar-refractivity contribution >= 4 is 21.8 Å². The van der Waals surface area contributed by atoms with Gasteiger partial charge in [-0.1, -0.05) is 42.6 Å². The summed E-state index contributed by atoms with van der Waals surface area (Å²) in [5.41, 5.74) is 0. The Bertz CT molecular complexity index is 208. The zero-order valence-electron chi connectivity index (χ0n) is 9.76. The average Bonchev–Trinajstić information content (AvgIpc) is 2.61. The largest absolute Gasteiger partial charge is 0.356 e. The third-order valence-corrected chi connectivity index (χ3v) is 4.56. The second-order valence-corrected chi connectivity index (χ2v) is 5.90. The van der Waals surface area contributed by atoms with Crippen molar-refractivity contribution in [1.29, 1.82) is 0 Å². The van der Waals surface area contributed by atoms with Crippen LogP contribution in [0.25, 0.3) is 0 Å². The Morgan fingerprint density at radius 1 is 1.53 bits per heavy atom. The van der Waals surface area contributed by atoms with Crippen LogP contribution in [0.5, 0.6) is 0 Å². The van der Waals surface area contributed by atoms with Gasteiger partial charge < -0.3 is 5.32 Å². The minimum absolute atomic E-state index is 0.218. The highest BCUT2D eigenvalue weighted by molar-refractivity contribution is 9.09. The Labute approximate surface area is 101 Å². The molecule has 1 aliphatic rings. The minimum atomic E-state index is 0.218. The van der Waals surface area contributed by atoms with Crippen LogP contribution in [0.1, 0.15) is 46.0 Å². The first-order valence-corrected chi connectivity index (χ1v) is 6.95. The molecule has 3 atom stereocenters. The summed E-state index contributed by atoms with van der Waals surface area (Å²) in [5, 5.41) is 3.05. The van der Waals surface area contributed by atoms with Crippen molar-refractivity contribution in [1.82, 2.24) is 5.32 Å². The number of carbonyl (C=O) groups excluding carboxylic acids is 1. The first-order chi connectivity index (χ1) is 7.13. The lowest BCUT2D eigenvalue weighted by molar-refractivity contribution is -0.122. The normalized spacial score (nSPS) is 27.7. The van der Waals surface area contributed by atoms with Crippen LogP contribution in [0.4, 0.5) is 0 Å². The van der Waals surface area contributed by atoms with E-state index in [0.717, 1.165) is 13.0 Å². The van der Waals surface area contributed by atoms with Gasteiger partial charge in [0, 0.05) is 17.8 Å². The lowest BCUT2D eigenvalue weighted by Gasteiger charge is -2.15. The summed E-state index contributed by atoms with van der Waals surface area (Å²) < 4.78 is 0. The van der Waals surface area contributed by atoms with Crippen molar-refractivity contribution < 1.29 is 4.79 Å². The molecule has 2 nitrogen and oxygen atoms in total. The quantitative estimate of drug-likeness (QED) is 0.768. The van der Waals surface area contributed by atoms with E-state index in [1.807, 2.05) is 0 Å². The highest BCUT2D eigenvalue weighted by Gasteiger charge is 2.24. The highest BCUT2D eigenvalue weighted by Crippen LogP contribution is 2.30. The SMILES string of the molecule is CCC(C)CC(=O)NCC1CCCC1Br. The van der Waals surface area contributed by atoms with E-state index in [4.69, 9.17) is 0 Å². The first-order valence-electron chi connectivity index (χ1n) is 6.04. The van der Waals surface area contributed by atoms with Crippen LogP contribution in [0.15, 0.2) is 0 Å². The molecule has 15 heavy (non-hydrogen) atoms. The summed E-state index contributed by atoms with van der Waals surface area (Å²) in [7, 11) is 0. The molecule has 1 amide bonds. The summed E-state index contributed by atoms with van der Waals surface area (Å²) in [6, 6.07) is 0. The number of alkyl halides is 1. The van der Waals surface area contributed by atoms with Gasteiger partial charge in [0.25, 0.3) is 0 Å². The Morgan fingerprint density at radius 2 is 2.27 bits per heavy atom. The maximum Gasteiger partial charge on any atom is 0.220 e. The third kappa shape index (κ3) is 4.54. The fraction of sp³-hybridized carbons (Fsp3) is 0.917. The lowest BCUT2D eigenvalue weighted by atomic mass is 10.0. The summed E-state index contributed by atoms with van der Waals surface area (Å²) >= 11 is 3.67. The fourth-order valence-electron chi connectivity index (χ4n) is 2.00. The summed E-state index contributed by atoms with van der Waals surface area (Å²) in [6.45, 7) is 5.11. The van der Waals surface area contributed by atoms with Crippen LogP contribution in [0.3, 0.4) is 0 Å². The van der Waals surface area contributed by atoms with Crippen molar-refractivity contribution in [2.75, 3.05) is 6.54 Å². The number of hydrogen-bond acceptors (Lipinski definition) is 1. The topological polar surface area (TPSA) is 29.1 Å². The lowest BCUT2D eigenvalue weighted by Crippen LogP contribution is -2.31. The predicted octanol–water partition coefficient (Wildman–Crippen LogP) is 3.10. The van der Waals surface area contributed by atoms with Gasteiger partial charge >= 0.3 is 0 Å². The zero-order valence-corrected chi connectivity index (χ0v) is 11.3. The van der Waals surface area contributed by atoms with Crippen LogP contribution in [-0.2, 0) is 4.79 Å². The van der Waals surface area contributed by atoms with Crippen LogP contribution in [0, 0.1) is 11.8 Å². The summed E-state index contributed by atoms with van der Waals surface area (Å²) in [5.74, 6) is 1.37. The molecule has 0 radical (unpaired) electrons. The second-order valence-electron chi connectivity index (χ2n) is 4.73. The van der Waals surface area contributed by atoms with E-state index >= 15 is 0 Å². The summed E-state index contributed by atoms with van der Waals surface area (Å²) in [4.78, 5) is 12.2. The zero-order chi connectivity index (χ0) is 11.3. The van der Waals surface area contributed by atoms with Crippen molar-refractivity contribution in [2.24, 2.45) is 11.8 Å². The monoisotopic (exact) mass is 275 g/mol. The van der Waals surface area contributed by atoms with Gasteiger partial charge in [-0.2, -0.15) is 0 Å². The van der Waals surface area contributed by atoms with Gasteiger partial charge in [-0.15, -0.1) is 0 Å². The molecule has 1 N–H and O–H groups in total. The average molecular weight is 276 g/mol. The summed E-state index contributed by atoms with van der Waals surface area (Å²) in [6.07, 6.45) is 5.56. The smallest absolute Gasteiger partial charge is 0.220 e. The molecule has 0 heterocycles. The number of carbonyl (C=O) groups is 1. The fourth-order valence-corrected chi connectivity index (χ4v) is 2.77. The molecule has 88 valence electrons. The van der Waals surface area contributed by atoms with Gasteiger partial charge in [-0.3, -0.25) is 4.79 Å². The van der Waals surface area contributed by atoms with Crippen molar-refractivity contribution in [3.05, 3.63) is 0 Å². The van der Waals surface area contributed by atoms with E-state index in [2.05, 4.69) is 35.1 Å². The van der Waals surface area contributed by atoms with Gasteiger partial charge in [0.2, 0.25) is 5.91 Å². The molecule has 0 spiro atoms. The first kappa shape index (κ1) is 13.0. The Balaban J connectivity index is 2.16. The van der Waals surface area contributed by atoms with Crippen molar-refractivity contribution in [3.8, 4) is 0 Å². The van der Waals surface area contributed by atoms with Crippen molar-refractivity contribution in [3.63, 3.8) is 0 Å². The molecule has 3 unspecified atom stereocenters. The third-order valence-electron chi connectivity index (χ3n) is 3.36. The molecule has 0 aromatic heterocycles. The van der Waals surface area contributed by atoms with Gasteiger partial charge in [-0.05, 0) is 24.7 Å². The van der Waals surface area contributed by atoms with Gasteiger partial charge in [0.1, 0.15) is 0 Å². The van der Waals surface area contributed by atoms with Crippen LogP contribution < -0.4 is 5.32 Å². The molecule has 0 saturated heterocycles. The highest BCUT2D eigenvalue weighted by atomic mass is 79.9. The predicted molar refractivity (Wildman–Crippen MR) is 67.1 cm³/mol. The van der Waals surface area contributed by atoms with E-state index < -0.39 is 0 Å². The standard InChI is InChI=1S/C12H22BrNO/c1-3-9(2)7-12(15)14-8-10-5-4-6-11(10)13/h9-11H,3-8H2,1-2H3,(H,14,15). The molecule has 0 aliphatic heterocycles. The van der Waals surface area contributed by atoms with E-state index in [-0.39, 0.29) is 5.91 Å². The van der Waals surface area contributed by atoms with Gasteiger partial charge in [-0.25, -0.2) is 0 Å². The van der Waals surface area contributed by atoms with Gasteiger partial charge in [0.05, 0.1) is 0 Å². The van der Waals surface area contributed by atoms with Crippen LogP contribution in [-0.4, -0.2) is 17.3 Å². The number of rotatable bonds is 5. The maximum absolute atomic E-state index is 11.5. The molecule has 0 aromatic rings. The molecular formula is C12H22BrNO.